The van der Waals surface area contributed by atoms with Gasteiger partial charge in [-0.15, -0.1) is 4.39 Å². The molecule has 0 spiro atoms. The van der Waals surface area contributed by atoms with Crippen molar-refractivity contribution in [2.75, 3.05) is 6.61 Å². The third kappa shape index (κ3) is 5.43. The van der Waals surface area contributed by atoms with Crippen LogP contribution in [0, 0.1) is 24.9 Å². The molecule has 0 saturated heterocycles. The van der Waals surface area contributed by atoms with Crippen molar-refractivity contribution >= 4 is 6.16 Å². The van der Waals surface area contributed by atoms with Gasteiger partial charge in [0.05, 0.1) is 6.61 Å². The van der Waals surface area contributed by atoms with Crippen LogP contribution in [0.1, 0.15) is 30.5 Å². The molecule has 1 aromatic carbocycles. The van der Waals surface area contributed by atoms with Crippen molar-refractivity contribution in [3.63, 3.8) is 0 Å². The molecule has 3 nitrogen and oxygen atoms in total. The highest BCUT2D eigenvalue weighted by Gasteiger charge is 2.07. The molecule has 0 aromatic heterocycles. The Kier molecular flexibility index (Phi) is 5.87. The number of aryl methyl sites for hydroxylation is 1. The van der Waals surface area contributed by atoms with Gasteiger partial charge in [0.2, 0.25) is 0 Å². The Hall–Kier alpha value is -2.02. The molecule has 0 bridgehead atoms. The molecule has 0 heterocycles. The number of rotatable bonds is 4. The predicted molar refractivity (Wildman–Crippen MR) is 70.1 cm³/mol. The second-order valence-electron chi connectivity index (χ2n) is 4.60. The third-order valence-corrected chi connectivity index (χ3v) is 2.42. The fraction of sp³-hybridized carbons (Fsp3) is 0.400. The van der Waals surface area contributed by atoms with Gasteiger partial charge in [0.25, 0.3) is 0 Å². The molecule has 102 valence electrons. The molecule has 0 N–H and O–H groups in total. The van der Waals surface area contributed by atoms with E-state index in [0.29, 0.717) is 12.2 Å². The number of carbonyl (C=O) groups is 1. The topological polar surface area (TPSA) is 35.5 Å². The molecular weight excluding hydrogens is 247 g/mol. The van der Waals surface area contributed by atoms with Crippen LogP contribution in [-0.2, 0) is 16.1 Å². The van der Waals surface area contributed by atoms with Gasteiger partial charge in [-0.2, -0.15) is 0 Å². The number of benzene rings is 1. The average molecular weight is 264 g/mol. The van der Waals surface area contributed by atoms with Crippen molar-refractivity contribution in [1.82, 2.24) is 0 Å². The Morgan fingerprint density at radius 3 is 2.74 bits per heavy atom. The normalized spacial score (nSPS) is 9.74. The minimum absolute atomic E-state index is 0.0879. The summed E-state index contributed by atoms with van der Waals surface area (Å²) in [5.41, 5.74) is 2.27. The van der Waals surface area contributed by atoms with Crippen LogP contribution >= 0.6 is 0 Å². The van der Waals surface area contributed by atoms with Gasteiger partial charge < -0.3 is 9.47 Å². The van der Waals surface area contributed by atoms with Crippen LogP contribution in [0.3, 0.4) is 0 Å². The molecule has 0 aliphatic heterocycles. The van der Waals surface area contributed by atoms with Crippen molar-refractivity contribution in [2.45, 2.75) is 27.4 Å². The summed E-state index contributed by atoms with van der Waals surface area (Å²) in [6, 6.07) is 5.21. The Morgan fingerprint density at radius 2 is 2.11 bits per heavy atom. The molecule has 0 aliphatic rings. The van der Waals surface area contributed by atoms with Crippen molar-refractivity contribution in [3.8, 4) is 12.1 Å². The van der Waals surface area contributed by atoms with Crippen LogP contribution in [0.5, 0.6) is 0 Å². The summed E-state index contributed by atoms with van der Waals surface area (Å²) in [5, 5.41) is 0. The van der Waals surface area contributed by atoms with E-state index in [-0.39, 0.29) is 12.5 Å². The van der Waals surface area contributed by atoms with Crippen LogP contribution in [0.2, 0.25) is 0 Å². The molecule has 19 heavy (non-hydrogen) atoms. The van der Waals surface area contributed by atoms with Crippen molar-refractivity contribution in [3.05, 3.63) is 34.9 Å². The summed E-state index contributed by atoms with van der Waals surface area (Å²) in [6.45, 7) is 6.17. The molecule has 0 amide bonds. The fourth-order valence-electron chi connectivity index (χ4n) is 1.37. The van der Waals surface area contributed by atoms with E-state index in [0.717, 1.165) is 11.1 Å². The molecule has 0 radical (unpaired) electrons. The first kappa shape index (κ1) is 15.0. The number of halogens is 1. The first-order valence-electron chi connectivity index (χ1n) is 6.03. The monoisotopic (exact) mass is 264 g/mol. The number of hydrogen-bond acceptors (Lipinski definition) is 3. The molecule has 1 rings (SSSR count). The Balaban J connectivity index is 2.58. The van der Waals surface area contributed by atoms with Crippen molar-refractivity contribution < 1.29 is 18.7 Å². The van der Waals surface area contributed by atoms with Gasteiger partial charge in [0.1, 0.15) is 12.8 Å². The van der Waals surface area contributed by atoms with Gasteiger partial charge in [-0.05, 0) is 42.0 Å². The van der Waals surface area contributed by atoms with Crippen molar-refractivity contribution in [2.24, 2.45) is 5.92 Å². The Labute approximate surface area is 112 Å². The molecule has 4 heteroatoms. The standard InChI is InChI=1S/C15H17FO3/c1-11(2)9-18-15(17)19-10-14-8-13(6-7-16)5-4-12(14)3/h4-5,8,11H,9-10H2,1-3H3. The highest BCUT2D eigenvalue weighted by atomic mass is 19.1. The van der Waals surface area contributed by atoms with Gasteiger partial charge in [0.15, 0.2) is 0 Å². The minimum Gasteiger partial charge on any atom is -0.434 e. The molecule has 1 aromatic rings. The lowest BCUT2D eigenvalue weighted by Gasteiger charge is -2.09. The van der Waals surface area contributed by atoms with Crippen molar-refractivity contribution in [1.29, 1.82) is 0 Å². The van der Waals surface area contributed by atoms with E-state index in [9.17, 15) is 9.18 Å². The zero-order valence-corrected chi connectivity index (χ0v) is 11.3. The van der Waals surface area contributed by atoms with Gasteiger partial charge >= 0.3 is 6.16 Å². The van der Waals surface area contributed by atoms with Gasteiger partial charge in [-0.3, -0.25) is 0 Å². The largest absolute Gasteiger partial charge is 0.508 e. The van der Waals surface area contributed by atoms with E-state index in [1.807, 2.05) is 20.8 Å². The molecule has 0 aliphatic carbocycles. The summed E-state index contributed by atoms with van der Waals surface area (Å²) in [7, 11) is 0. The molecule has 0 saturated carbocycles. The minimum atomic E-state index is -0.699. The first-order chi connectivity index (χ1) is 9.02. The lowest BCUT2D eigenvalue weighted by atomic mass is 10.1. The lowest BCUT2D eigenvalue weighted by molar-refractivity contribution is 0.0424. The van der Waals surface area contributed by atoms with Crippen LogP contribution < -0.4 is 0 Å². The quantitative estimate of drug-likeness (QED) is 0.616. The predicted octanol–water partition coefficient (Wildman–Crippen LogP) is 3.58. The number of ether oxygens (including phenoxy) is 2. The zero-order valence-electron chi connectivity index (χ0n) is 11.3. The van der Waals surface area contributed by atoms with E-state index in [1.165, 1.54) is 6.17 Å². The third-order valence-electron chi connectivity index (χ3n) is 2.42. The SMILES string of the molecule is Cc1ccc(C#CF)cc1COC(=O)OCC(C)C. The fourth-order valence-corrected chi connectivity index (χ4v) is 1.37. The van der Waals surface area contributed by atoms with Crippen LogP contribution in [0.15, 0.2) is 18.2 Å². The van der Waals surface area contributed by atoms with Crippen LogP contribution in [-0.4, -0.2) is 12.8 Å². The second-order valence-corrected chi connectivity index (χ2v) is 4.60. The smallest absolute Gasteiger partial charge is 0.434 e. The Morgan fingerprint density at radius 1 is 1.37 bits per heavy atom. The lowest BCUT2D eigenvalue weighted by Crippen LogP contribution is -2.12. The summed E-state index contributed by atoms with van der Waals surface area (Å²) in [5.74, 6) is 2.58. The van der Waals surface area contributed by atoms with Gasteiger partial charge in [0, 0.05) is 5.56 Å². The highest BCUT2D eigenvalue weighted by molar-refractivity contribution is 5.60. The Bertz CT molecular complexity index is 498. The van der Waals surface area contributed by atoms with E-state index in [1.54, 1.807) is 18.2 Å². The zero-order chi connectivity index (χ0) is 14.3. The maximum Gasteiger partial charge on any atom is 0.508 e. The van der Waals surface area contributed by atoms with Gasteiger partial charge in [-0.25, -0.2) is 4.79 Å². The summed E-state index contributed by atoms with van der Waals surface area (Å²) in [4.78, 5) is 11.3. The van der Waals surface area contributed by atoms with E-state index < -0.39 is 6.16 Å². The summed E-state index contributed by atoms with van der Waals surface area (Å²) >= 11 is 0. The molecule has 0 unspecified atom stereocenters. The molecule has 0 atom stereocenters. The molecule has 0 fully saturated rings. The number of carbonyl (C=O) groups excluding carboxylic acids is 1. The highest BCUT2D eigenvalue weighted by Crippen LogP contribution is 2.12. The second kappa shape index (κ2) is 7.42. The summed E-state index contributed by atoms with van der Waals surface area (Å²) < 4.78 is 21.8. The summed E-state index contributed by atoms with van der Waals surface area (Å²) in [6.07, 6.45) is 0.647. The van der Waals surface area contributed by atoms with Crippen LogP contribution in [0.25, 0.3) is 0 Å². The number of hydrogen-bond donors (Lipinski definition) is 0. The van der Waals surface area contributed by atoms with E-state index >= 15 is 0 Å². The van der Waals surface area contributed by atoms with Crippen LogP contribution in [0.4, 0.5) is 9.18 Å². The maximum absolute atomic E-state index is 11.9. The van der Waals surface area contributed by atoms with Gasteiger partial charge in [-0.1, -0.05) is 19.9 Å². The molecular formula is C15H17FO3. The maximum atomic E-state index is 11.9. The first-order valence-corrected chi connectivity index (χ1v) is 6.03. The van der Waals surface area contributed by atoms with E-state index in [4.69, 9.17) is 9.47 Å². The average Bonchev–Trinajstić information content (AvgIpc) is 2.37. The van der Waals surface area contributed by atoms with E-state index in [2.05, 4.69) is 5.92 Å².